The van der Waals surface area contributed by atoms with Crippen molar-refractivity contribution in [1.82, 2.24) is 5.32 Å². The van der Waals surface area contributed by atoms with Crippen LogP contribution in [0.2, 0.25) is 0 Å². The Bertz CT molecular complexity index is 678. The number of hydrogen-bond donors (Lipinski definition) is 1. The van der Waals surface area contributed by atoms with Crippen LogP contribution in [0.25, 0.3) is 11.1 Å². The Hall–Kier alpha value is -1.81. The quantitative estimate of drug-likeness (QED) is 0.884. The lowest BCUT2D eigenvalue weighted by atomic mass is 10.0. The van der Waals surface area contributed by atoms with E-state index in [-0.39, 0.29) is 11.1 Å². The van der Waals surface area contributed by atoms with Crippen molar-refractivity contribution in [2.45, 2.75) is 32.4 Å². The van der Waals surface area contributed by atoms with Crippen LogP contribution in [0.15, 0.2) is 30.3 Å². The zero-order valence-electron chi connectivity index (χ0n) is 11.7. The normalized spacial score (nSPS) is 14.5. The molecule has 1 saturated carbocycles. The van der Waals surface area contributed by atoms with Crippen molar-refractivity contribution in [3.8, 4) is 11.1 Å². The lowest BCUT2D eigenvalue weighted by Crippen LogP contribution is -2.16. The molecule has 3 rings (SSSR count). The molecule has 0 unspecified atom stereocenters. The third kappa shape index (κ3) is 2.95. The Morgan fingerprint density at radius 2 is 1.81 bits per heavy atom. The minimum Gasteiger partial charge on any atom is -0.310 e. The van der Waals surface area contributed by atoms with Gasteiger partial charge in [0, 0.05) is 23.7 Å². The van der Waals surface area contributed by atoms with E-state index in [0.717, 1.165) is 12.8 Å². The highest BCUT2D eigenvalue weighted by Gasteiger charge is 2.20. The monoisotopic (exact) mass is 291 g/mol. The van der Waals surface area contributed by atoms with Gasteiger partial charge in [0.1, 0.15) is 5.82 Å². The highest BCUT2D eigenvalue weighted by molar-refractivity contribution is 5.65. The molecule has 0 aromatic heterocycles. The van der Waals surface area contributed by atoms with Gasteiger partial charge in [-0.1, -0.05) is 24.3 Å². The lowest BCUT2D eigenvalue weighted by Gasteiger charge is -2.09. The van der Waals surface area contributed by atoms with E-state index in [0.29, 0.717) is 23.7 Å². The molecule has 21 heavy (non-hydrogen) atoms. The maximum absolute atomic E-state index is 14.1. The summed E-state index contributed by atoms with van der Waals surface area (Å²) in [6.07, 6.45) is 2.26. The van der Waals surface area contributed by atoms with Crippen LogP contribution in [-0.4, -0.2) is 6.04 Å². The van der Waals surface area contributed by atoms with Crippen molar-refractivity contribution < 1.29 is 13.2 Å². The first-order valence-electron chi connectivity index (χ1n) is 7.03. The molecule has 1 nitrogen and oxygen atoms in total. The Balaban J connectivity index is 1.89. The van der Waals surface area contributed by atoms with Crippen molar-refractivity contribution >= 4 is 0 Å². The van der Waals surface area contributed by atoms with Gasteiger partial charge < -0.3 is 5.32 Å². The number of hydrogen-bond acceptors (Lipinski definition) is 1. The highest BCUT2D eigenvalue weighted by atomic mass is 19.2. The van der Waals surface area contributed by atoms with Crippen LogP contribution < -0.4 is 5.32 Å². The zero-order chi connectivity index (χ0) is 15.0. The molecule has 0 radical (unpaired) electrons. The van der Waals surface area contributed by atoms with Crippen LogP contribution in [0.3, 0.4) is 0 Å². The second-order valence-electron chi connectivity index (χ2n) is 5.52. The number of aryl methyl sites for hydroxylation is 1. The smallest absolute Gasteiger partial charge is 0.166 e. The molecule has 0 heterocycles. The van der Waals surface area contributed by atoms with E-state index in [1.54, 1.807) is 12.1 Å². The molecular formula is C17H16F3N. The molecule has 1 N–H and O–H groups in total. The van der Waals surface area contributed by atoms with Crippen LogP contribution in [0, 0.1) is 24.4 Å². The molecule has 0 amide bonds. The van der Waals surface area contributed by atoms with E-state index in [1.807, 2.05) is 0 Å². The fourth-order valence-electron chi connectivity index (χ4n) is 2.27. The molecule has 2 aromatic carbocycles. The molecule has 1 aliphatic rings. The predicted molar refractivity (Wildman–Crippen MR) is 76.4 cm³/mol. The molecular weight excluding hydrogens is 275 g/mol. The van der Waals surface area contributed by atoms with Crippen LogP contribution in [-0.2, 0) is 6.54 Å². The van der Waals surface area contributed by atoms with E-state index in [2.05, 4.69) is 5.32 Å². The molecule has 2 aromatic rings. The van der Waals surface area contributed by atoms with Crippen LogP contribution in [0.1, 0.15) is 24.0 Å². The highest BCUT2D eigenvalue weighted by Crippen LogP contribution is 2.28. The zero-order valence-corrected chi connectivity index (χ0v) is 11.7. The molecule has 1 aliphatic carbocycles. The van der Waals surface area contributed by atoms with Gasteiger partial charge in [0.05, 0.1) is 0 Å². The summed E-state index contributed by atoms with van der Waals surface area (Å²) in [5, 5.41) is 3.23. The molecule has 0 aliphatic heterocycles. The third-order valence-corrected chi connectivity index (χ3v) is 3.80. The van der Waals surface area contributed by atoms with Gasteiger partial charge in [-0.2, -0.15) is 0 Å². The topological polar surface area (TPSA) is 12.0 Å². The van der Waals surface area contributed by atoms with Crippen LogP contribution in [0.5, 0.6) is 0 Å². The first kappa shape index (κ1) is 14.1. The molecule has 0 saturated heterocycles. The second kappa shape index (κ2) is 5.53. The summed E-state index contributed by atoms with van der Waals surface area (Å²) in [5.41, 5.74) is 1.21. The average molecular weight is 291 g/mol. The second-order valence-corrected chi connectivity index (χ2v) is 5.52. The minimum absolute atomic E-state index is 0.0821. The summed E-state index contributed by atoms with van der Waals surface area (Å²) in [6.45, 7) is 1.96. The van der Waals surface area contributed by atoms with Crippen LogP contribution in [0.4, 0.5) is 13.2 Å². The summed E-state index contributed by atoms with van der Waals surface area (Å²) < 4.78 is 41.6. The minimum atomic E-state index is -0.932. The third-order valence-electron chi connectivity index (χ3n) is 3.80. The Morgan fingerprint density at radius 1 is 1.05 bits per heavy atom. The van der Waals surface area contributed by atoms with E-state index >= 15 is 0 Å². The Labute approximate surface area is 121 Å². The number of nitrogens with one attached hydrogen (secondary N) is 1. The fraction of sp³-hybridized carbons (Fsp3) is 0.294. The van der Waals surface area contributed by atoms with Gasteiger partial charge in [-0.15, -0.1) is 0 Å². The fourth-order valence-corrected chi connectivity index (χ4v) is 2.27. The Kier molecular flexibility index (Phi) is 3.72. The summed E-state index contributed by atoms with van der Waals surface area (Å²) >= 11 is 0. The van der Waals surface area contributed by atoms with Crippen molar-refractivity contribution in [2.24, 2.45) is 0 Å². The first-order chi connectivity index (χ1) is 10.1. The maximum Gasteiger partial charge on any atom is 0.166 e. The first-order valence-corrected chi connectivity index (χ1v) is 7.03. The molecule has 0 spiro atoms. The van der Waals surface area contributed by atoms with E-state index in [1.165, 1.54) is 25.1 Å². The van der Waals surface area contributed by atoms with Crippen molar-refractivity contribution in [3.63, 3.8) is 0 Å². The lowest BCUT2D eigenvalue weighted by molar-refractivity contribution is 0.505. The van der Waals surface area contributed by atoms with Crippen LogP contribution >= 0.6 is 0 Å². The largest absolute Gasteiger partial charge is 0.310 e. The molecule has 0 bridgehead atoms. The number of benzene rings is 2. The van der Waals surface area contributed by atoms with Crippen molar-refractivity contribution in [2.75, 3.05) is 0 Å². The van der Waals surface area contributed by atoms with Gasteiger partial charge >= 0.3 is 0 Å². The molecule has 110 valence electrons. The SMILES string of the molecule is Cc1ccc(-c2ccc(CNC3CC3)c(F)c2)c(F)c1F. The molecule has 1 fully saturated rings. The van der Waals surface area contributed by atoms with E-state index in [9.17, 15) is 13.2 Å². The standard InChI is InChI=1S/C17H16F3N/c1-10-2-7-14(17(20)16(10)19)11-3-4-12(15(18)8-11)9-21-13-5-6-13/h2-4,7-8,13,21H,5-6,9H2,1H3. The van der Waals surface area contributed by atoms with Crippen molar-refractivity contribution in [1.29, 1.82) is 0 Å². The van der Waals surface area contributed by atoms with E-state index < -0.39 is 17.5 Å². The van der Waals surface area contributed by atoms with Gasteiger partial charge in [0.2, 0.25) is 0 Å². The van der Waals surface area contributed by atoms with Gasteiger partial charge in [-0.3, -0.25) is 0 Å². The Morgan fingerprint density at radius 3 is 2.48 bits per heavy atom. The molecule has 0 atom stereocenters. The summed E-state index contributed by atoms with van der Waals surface area (Å²) in [5.74, 6) is -2.22. The van der Waals surface area contributed by atoms with Crippen molar-refractivity contribution in [3.05, 3.63) is 58.9 Å². The molecule has 4 heteroatoms. The summed E-state index contributed by atoms with van der Waals surface area (Å²) in [4.78, 5) is 0. The van der Waals surface area contributed by atoms with E-state index in [4.69, 9.17) is 0 Å². The van der Waals surface area contributed by atoms with Gasteiger partial charge in [-0.05, 0) is 37.0 Å². The predicted octanol–water partition coefficient (Wildman–Crippen LogP) is 4.33. The average Bonchev–Trinajstić information content (AvgIpc) is 3.28. The van der Waals surface area contributed by atoms with Gasteiger partial charge in [0.25, 0.3) is 0 Å². The van der Waals surface area contributed by atoms with Gasteiger partial charge in [0.15, 0.2) is 11.6 Å². The number of halogens is 3. The maximum atomic E-state index is 14.1. The van der Waals surface area contributed by atoms with Gasteiger partial charge in [-0.25, -0.2) is 13.2 Å². The number of rotatable bonds is 4. The summed E-state index contributed by atoms with van der Waals surface area (Å²) in [6, 6.07) is 7.97. The summed E-state index contributed by atoms with van der Waals surface area (Å²) in [7, 11) is 0.